The van der Waals surface area contributed by atoms with Crippen LogP contribution in [-0.4, -0.2) is 23.4 Å². The minimum absolute atomic E-state index is 0.174. The number of fused-ring (bicyclic) bond motifs is 2. The summed E-state index contributed by atoms with van der Waals surface area (Å²) in [4.78, 5) is 15.0. The molecule has 1 N–H and O–H groups in total. The van der Waals surface area contributed by atoms with E-state index < -0.39 is 0 Å². The highest BCUT2D eigenvalue weighted by molar-refractivity contribution is 9.10. The van der Waals surface area contributed by atoms with Crippen molar-refractivity contribution < 1.29 is 9.53 Å². The average molecular weight is 523 g/mol. The van der Waals surface area contributed by atoms with Gasteiger partial charge < -0.3 is 15.0 Å². The van der Waals surface area contributed by atoms with Gasteiger partial charge in [0.1, 0.15) is 16.7 Å². The molecule has 2 heterocycles. The smallest absolute Gasteiger partial charge is 0.263 e. The van der Waals surface area contributed by atoms with Crippen molar-refractivity contribution in [1.29, 1.82) is 0 Å². The molecule has 4 nitrogen and oxygen atoms in total. The SMILES string of the molecule is O=C1NC(=S)S/C1=C\c1cc(Br)ccc1OCCN1c2ccccc2Cc2ccccc21. The van der Waals surface area contributed by atoms with E-state index in [4.69, 9.17) is 17.0 Å². The number of anilines is 2. The highest BCUT2D eigenvalue weighted by atomic mass is 79.9. The van der Waals surface area contributed by atoms with Crippen LogP contribution in [0.4, 0.5) is 11.4 Å². The van der Waals surface area contributed by atoms with Crippen LogP contribution in [0, 0.1) is 0 Å². The van der Waals surface area contributed by atoms with Gasteiger partial charge in [0.05, 0.1) is 11.4 Å². The van der Waals surface area contributed by atoms with Crippen molar-refractivity contribution in [2.24, 2.45) is 0 Å². The number of rotatable bonds is 5. The molecule has 1 amide bonds. The molecule has 3 aromatic carbocycles. The van der Waals surface area contributed by atoms with Gasteiger partial charge in [-0.2, -0.15) is 0 Å². The molecule has 3 aromatic rings. The summed E-state index contributed by atoms with van der Waals surface area (Å²) in [7, 11) is 0. The number of thioether (sulfide) groups is 1. The van der Waals surface area contributed by atoms with Gasteiger partial charge in [-0.1, -0.05) is 76.3 Å². The van der Waals surface area contributed by atoms with E-state index in [-0.39, 0.29) is 5.91 Å². The Kier molecular flexibility index (Phi) is 6.04. The van der Waals surface area contributed by atoms with Crippen LogP contribution in [0.25, 0.3) is 6.08 Å². The van der Waals surface area contributed by atoms with E-state index in [2.05, 4.69) is 74.7 Å². The average Bonchev–Trinajstić information content (AvgIpc) is 3.11. The molecule has 0 aromatic heterocycles. The monoisotopic (exact) mass is 522 g/mol. The summed E-state index contributed by atoms with van der Waals surface area (Å²) >= 11 is 9.88. The van der Waals surface area contributed by atoms with Gasteiger partial charge in [0.15, 0.2) is 0 Å². The first-order valence-electron chi connectivity index (χ1n) is 10.2. The van der Waals surface area contributed by atoms with Crippen LogP contribution >= 0.6 is 39.9 Å². The highest BCUT2D eigenvalue weighted by Crippen LogP contribution is 2.38. The van der Waals surface area contributed by atoms with E-state index in [1.165, 1.54) is 34.3 Å². The largest absolute Gasteiger partial charge is 0.491 e. The van der Waals surface area contributed by atoms with Crippen LogP contribution in [0.1, 0.15) is 16.7 Å². The number of ether oxygens (including phenoxy) is 1. The molecule has 1 fully saturated rings. The Balaban J connectivity index is 1.38. The van der Waals surface area contributed by atoms with Crippen LogP contribution in [0.2, 0.25) is 0 Å². The number of halogens is 1. The summed E-state index contributed by atoms with van der Waals surface area (Å²) in [5.41, 5.74) is 5.92. The summed E-state index contributed by atoms with van der Waals surface area (Å²) < 4.78 is 7.61. The number of amides is 1. The first-order valence-corrected chi connectivity index (χ1v) is 12.2. The maximum atomic E-state index is 12.1. The Bertz CT molecular complexity index is 1210. The molecule has 0 radical (unpaired) electrons. The second kappa shape index (κ2) is 9.10. The molecule has 0 spiro atoms. The van der Waals surface area contributed by atoms with Gasteiger partial charge in [-0.25, -0.2) is 0 Å². The van der Waals surface area contributed by atoms with Gasteiger partial charge in [-0.15, -0.1) is 0 Å². The predicted molar refractivity (Wildman–Crippen MR) is 139 cm³/mol. The zero-order valence-electron chi connectivity index (χ0n) is 17.0. The van der Waals surface area contributed by atoms with Crippen molar-refractivity contribution in [3.8, 4) is 5.75 Å². The summed E-state index contributed by atoms with van der Waals surface area (Å²) in [6.07, 6.45) is 2.76. The van der Waals surface area contributed by atoms with Crippen molar-refractivity contribution in [2.45, 2.75) is 6.42 Å². The number of nitrogens with zero attached hydrogens (tertiary/aromatic N) is 1. The topological polar surface area (TPSA) is 41.6 Å². The van der Waals surface area contributed by atoms with Crippen molar-refractivity contribution in [3.05, 3.63) is 92.8 Å². The van der Waals surface area contributed by atoms with Crippen LogP contribution < -0.4 is 15.0 Å². The molecule has 5 rings (SSSR count). The van der Waals surface area contributed by atoms with Gasteiger partial charge >= 0.3 is 0 Å². The molecule has 160 valence electrons. The Morgan fingerprint density at radius 1 is 1.06 bits per heavy atom. The predicted octanol–water partition coefficient (Wildman–Crippen LogP) is 6.06. The van der Waals surface area contributed by atoms with Crippen LogP contribution in [0.15, 0.2) is 76.1 Å². The van der Waals surface area contributed by atoms with Crippen molar-refractivity contribution in [2.75, 3.05) is 18.1 Å². The lowest BCUT2D eigenvalue weighted by Gasteiger charge is -2.33. The summed E-state index contributed by atoms with van der Waals surface area (Å²) in [5, 5.41) is 2.65. The summed E-state index contributed by atoms with van der Waals surface area (Å²) in [6, 6.07) is 22.8. The van der Waals surface area contributed by atoms with Gasteiger partial charge in [0.25, 0.3) is 5.91 Å². The fourth-order valence-corrected chi connectivity index (χ4v) is 5.41. The number of hydrogen-bond donors (Lipinski definition) is 1. The minimum Gasteiger partial charge on any atom is -0.491 e. The van der Waals surface area contributed by atoms with E-state index in [0.717, 1.165) is 22.2 Å². The Morgan fingerprint density at radius 3 is 2.41 bits per heavy atom. The zero-order valence-corrected chi connectivity index (χ0v) is 20.2. The molecule has 0 bridgehead atoms. The van der Waals surface area contributed by atoms with E-state index >= 15 is 0 Å². The lowest BCUT2D eigenvalue weighted by Crippen LogP contribution is -2.28. The minimum atomic E-state index is -0.174. The molecule has 2 aliphatic rings. The van der Waals surface area contributed by atoms with Gasteiger partial charge in [-0.05, 0) is 47.5 Å². The maximum Gasteiger partial charge on any atom is 0.263 e. The molecule has 2 aliphatic heterocycles. The fraction of sp³-hybridized carbons (Fsp3) is 0.120. The van der Waals surface area contributed by atoms with Crippen molar-refractivity contribution >= 4 is 67.6 Å². The third kappa shape index (κ3) is 4.33. The number of carbonyl (C=O) groups is 1. The zero-order chi connectivity index (χ0) is 22.1. The van der Waals surface area contributed by atoms with Gasteiger partial charge in [-0.3, -0.25) is 4.79 Å². The molecule has 32 heavy (non-hydrogen) atoms. The second-order valence-electron chi connectivity index (χ2n) is 7.47. The molecular weight excluding hydrogens is 504 g/mol. The maximum absolute atomic E-state index is 12.1. The first kappa shape index (κ1) is 21.2. The normalized spacial score (nSPS) is 16.0. The van der Waals surface area contributed by atoms with E-state index in [1.807, 2.05) is 24.3 Å². The lowest BCUT2D eigenvalue weighted by molar-refractivity contribution is -0.115. The molecule has 7 heteroatoms. The van der Waals surface area contributed by atoms with Crippen molar-refractivity contribution in [3.63, 3.8) is 0 Å². The van der Waals surface area contributed by atoms with Crippen LogP contribution in [0.3, 0.4) is 0 Å². The molecular formula is C25H19BrN2O2S2. The van der Waals surface area contributed by atoms with E-state index in [9.17, 15) is 4.79 Å². The standard InChI is InChI=1S/C25H19BrN2O2S2/c26-19-9-10-22(18(14-19)15-23-24(29)27-25(31)32-23)30-12-11-28-20-7-3-1-5-16(20)13-17-6-2-4-8-21(17)28/h1-10,14-15H,11-13H2,(H,27,29,31)/b23-15-. The number of nitrogens with one attached hydrogen (secondary N) is 1. The first-order chi connectivity index (χ1) is 15.6. The summed E-state index contributed by atoms with van der Waals surface area (Å²) in [5.74, 6) is 0.554. The van der Waals surface area contributed by atoms with Gasteiger partial charge in [0.2, 0.25) is 0 Å². The van der Waals surface area contributed by atoms with E-state index in [1.54, 1.807) is 0 Å². The van der Waals surface area contributed by atoms with Crippen molar-refractivity contribution in [1.82, 2.24) is 5.32 Å². The number of thiocarbonyl (C=S) groups is 1. The second-order valence-corrected chi connectivity index (χ2v) is 10.1. The fourth-order valence-electron chi connectivity index (χ4n) is 4.00. The van der Waals surface area contributed by atoms with Crippen LogP contribution in [-0.2, 0) is 11.2 Å². The molecule has 0 atom stereocenters. The van der Waals surface area contributed by atoms with Crippen LogP contribution in [0.5, 0.6) is 5.75 Å². The van der Waals surface area contributed by atoms with E-state index in [0.29, 0.717) is 22.4 Å². The third-order valence-electron chi connectivity index (χ3n) is 5.42. The number of benzene rings is 3. The molecule has 0 aliphatic carbocycles. The molecule has 0 unspecified atom stereocenters. The number of carbonyl (C=O) groups excluding carboxylic acids is 1. The highest BCUT2D eigenvalue weighted by Gasteiger charge is 2.23. The molecule has 1 saturated heterocycles. The molecule has 0 saturated carbocycles. The summed E-state index contributed by atoms with van der Waals surface area (Å²) in [6.45, 7) is 1.21. The number of para-hydroxylation sites is 2. The Hall–Kier alpha value is -2.61. The third-order valence-corrected chi connectivity index (χ3v) is 7.07. The van der Waals surface area contributed by atoms with Gasteiger partial charge in [0, 0.05) is 27.8 Å². The Labute approximate surface area is 204 Å². The quantitative estimate of drug-likeness (QED) is 0.325. The Morgan fingerprint density at radius 2 is 1.75 bits per heavy atom. The number of hydrogen-bond acceptors (Lipinski definition) is 5. The lowest BCUT2D eigenvalue weighted by atomic mass is 9.96.